The highest BCUT2D eigenvalue weighted by Gasteiger charge is 2.19. The standard InChI is InChI=1S/C41H30N2/c1-4-34-35(5-2)41(31-20-17-29-14-13-27(3)24-33(29)25-31)37-11-7-6-10-36(37)40(34)30-18-15-28(16-19-30)32-21-22-39(43-26-32)38-12-8-9-23-42-38/h4-26H,1-2H2,3H3. The molecule has 2 heteroatoms. The second kappa shape index (κ2) is 11.0. The highest BCUT2D eigenvalue weighted by atomic mass is 14.8. The van der Waals surface area contributed by atoms with Crippen molar-refractivity contribution in [2.45, 2.75) is 6.92 Å². The molecule has 7 aromatic rings. The molecule has 204 valence electrons. The van der Waals surface area contributed by atoms with Crippen LogP contribution >= 0.6 is 0 Å². The van der Waals surface area contributed by atoms with E-state index in [1.54, 1.807) is 6.20 Å². The third kappa shape index (κ3) is 4.73. The van der Waals surface area contributed by atoms with Gasteiger partial charge in [0.15, 0.2) is 0 Å². The molecule has 0 saturated carbocycles. The van der Waals surface area contributed by atoms with Gasteiger partial charge in [0.05, 0.1) is 11.4 Å². The summed E-state index contributed by atoms with van der Waals surface area (Å²) in [5.41, 5.74) is 12.0. The molecule has 43 heavy (non-hydrogen) atoms. The molecule has 5 aromatic carbocycles. The van der Waals surface area contributed by atoms with E-state index < -0.39 is 0 Å². The Bertz CT molecular complexity index is 2140. The van der Waals surface area contributed by atoms with Crippen molar-refractivity contribution in [1.82, 2.24) is 9.97 Å². The van der Waals surface area contributed by atoms with Crippen LogP contribution in [0, 0.1) is 6.92 Å². The van der Waals surface area contributed by atoms with Crippen molar-refractivity contribution in [3.8, 4) is 44.8 Å². The van der Waals surface area contributed by atoms with Crippen LogP contribution in [-0.4, -0.2) is 9.97 Å². The maximum absolute atomic E-state index is 4.67. The second-order valence-electron chi connectivity index (χ2n) is 10.8. The summed E-state index contributed by atoms with van der Waals surface area (Å²) < 4.78 is 0. The molecule has 0 aliphatic rings. The molecule has 2 aromatic heterocycles. The molecule has 0 spiro atoms. The Hall–Kier alpha value is -5.60. The van der Waals surface area contributed by atoms with Crippen LogP contribution in [0.25, 0.3) is 78.5 Å². The van der Waals surface area contributed by atoms with Gasteiger partial charge in [-0.25, -0.2) is 0 Å². The summed E-state index contributed by atoms with van der Waals surface area (Å²) in [6.45, 7) is 10.7. The first-order valence-electron chi connectivity index (χ1n) is 14.5. The lowest BCUT2D eigenvalue weighted by Crippen LogP contribution is -1.96. The second-order valence-corrected chi connectivity index (χ2v) is 10.8. The lowest BCUT2D eigenvalue weighted by atomic mass is 9.83. The van der Waals surface area contributed by atoms with Gasteiger partial charge in [0.2, 0.25) is 0 Å². The number of hydrogen-bond donors (Lipinski definition) is 0. The van der Waals surface area contributed by atoms with Crippen LogP contribution in [-0.2, 0) is 0 Å². The quantitative estimate of drug-likeness (QED) is 0.206. The van der Waals surface area contributed by atoms with Crippen molar-refractivity contribution in [1.29, 1.82) is 0 Å². The zero-order chi connectivity index (χ0) is 29.3. The Morgan fingerprint density at radius 2 is 1.12 bits per heavy atom. The summed E-state index contributed by atoms with van der Waals surface area (Å²) in [6.07, 6.45) is 7.66. The van der Waals surface area contributed by atoms with Crippen LogP contribution < -0.4 is 0 Å². The summed E-state index contributed by atoms with van der Waals surface area (Å²) in [6, 6.07) is 40.7. The highest BCUT2D eigenvalue weighted by molar-refractivity contribution is 6.12. The predicted octanol–water partition coefficient (Wildman–Crippen LogP) is 11.0. The van der Waals surface area contributed by atoms with Gasteiger partial charge >= 0.3 is 0 Å². The zero-order valence-electron chi connectivity index (χ0n) is 24.1. The summed E-state index contributed by atoms with van der Waals surface area (Å²) in [5.74, 6) is 0. The number of hydrogen-bond acceptors (Lipinski definition) is 2. The first kappa shape index (κ1) is 26.3. The van der Waals surface area contributed by atoms with Gasteiger partial charge in [-0.3, -0.25) is 9.97 Å². The van der Waals surface area contributed by atoms with E-state index in [9.17, 15) is 0 Å². The maximum Gasteiger partial charge on any atom is 0.0886 e. The van der Waals surface area contributed by atoms with Crippen LogP contribution in [0.1, 0.15) is 16.7 Å². The van der Waals surface area contributed by atoms with E-state index in [0.29, 0.717) is 0 Å². The summed E-state index contributed by atoms with van der Waals surface area (Å²) in [4.78, 5) is 9.09. The molecule has 7 rings (SSSR count). The van der Waals surface area contributed by atoms with E-state index in [-0.39, 0.29) is 0 Å². The highest BCUT2D eigenvalue weighted by Crippen LogP contribution is 2.44. The van der Waals surface area contributed by atoms with Gasteiger partial charge in [-0.05, 0) is 91.7 Å². The number of aryl methyl sites for hydroxylation is 1. The number of nitrogens with zero attached hydrogens (tertiary/aromatic N) is 2. The molecular formula is C41H30N2. The van der Waals surface area contributed by atoms with E-state index in [0.717, 1.165) is 44.8 Å². The predicted molar refractivity (Wildman–Crippen MR) is 184 cm³/mol. The van der Waals surface area contributed by atoms with Gasteiger partial charge in [0, 0.05) is 18.0 Å². The van der Waals surface area contributed by atoms with E-state index in [1.807, 2.05) is 42.6 Å². The number of pyridine rings is 2. The molecule has 0 amide bonds. The fourth-order valence-corrected chi connectivity index (χ4v) is 6.11. The van der Waals surface area contributed by atoms with Crippen LogP contribution in [0.5, 0.6) is 0 Å². The Morgan fingerprint density at radius 1 is 0.512 bits per heavy atom. The van der Waals surface area contributed by atoms with E-state index in [4.69, 9.17) is 0 Å². The van der Waals surface area contributed by atoms with Gasteiger partial charge in [-0.2, -0.15) is 0 Å². The number of fused-ring (bicyclic) bond motifs is 2. The SMILES string of the molecule is C=Cc1c(C=C)c(-c2ccc3ccc(C)cc3c2)c2ccccc2c1-c1ccc(-c2ccc(-c3ccccn3)nc2)cc1. The number of benzene rings is 5. The van der Waals surface area contributed by atoms with Crippen molar-refractivity contribution >= 4 is 33.7 Å². The molecule has 0 fully saturated rings. The lowest BCUT2D eigenvalue weighted by Gasteiger charge is -2.20. The van der Waals surface area contributed by atoms with Crippen molar-refractivity contribution < 1.29 is 0 Å². The Morgan fingerprint density at radius 3 is 1.77 bits per heavy atom. The van der Waals surface area contributed by atoms with Crippen LogP contribution in [0.15, 0.2) is 141 Å². The molecule has 0 aliphatic carbocycles. The summed E-state index contributed by atoms with van der Waals surface area (Å²) in [7, 11) is 0. The fraction of sp³-hybridized carbons (Fsp3) is 0.0244. The van der Waals surface area contributed by atoms with Gasteiger partial charge in [-0.1, -0.05) is 122 Å². The first-order chi connectivity index (χ1) is 21.1. The zero-order valence-corrected chi connectivity index (χ0v) is 24.1. The van der Waals surface area contributed by atoms with Crippen LogP contribution in [0.4, 0.5) is 0 Å². The monoisotopic (exact) mass is 550 g/mol. The molecule has 0 bridgehead atoms. The topological polar surface area (TPSA) is 25.8 Å². The third-order valence-electron chi connectivity index (χ3n) is 8.18. The Labute approximate surface area is 252 Å². The number of rotatable bonds is 6. The van der Waals surface area contributed by atoms with Gasteiger partial charge < -0.3 is 0 Å². The van der Waals surface area contributed by atoms with Crippen molar-refractivity contribution in [3.63, 3.8) is 0 Å². The van der Waals surface area contributed by atoms with E-state index in [2.05, 4.69) is 121 Å². The van der Waals surface area contributed by atoms with Crippen molar-refractivity contribution in [2.24, 2.45) is 0 Å². The maximum atomic E-state index is 4.67. The Kier molecular flexibility index (Phi) is 6.73. The van der Waals surface area contributed by atoms with Crippen molar-refractivity contribution in [2.75, 3.05) is 0 Å². The smallest absolute Gasteiger partial charge is 0.0886 e. The van der Waals surface area contributed by atoms with Gasteiger partial charge in [0.25, 0.3) is 0 Å². The molecule has 2 nitrogen and oxygen atoms in total. The van der Waals surface area contributed by atoms with Gasteiger partial charge in [0.1, 0.15) is 0 Å². The minimum absolute atomic E-state index is 0.863. The molecule has 0 atom stereocenters. The normalized spacial score (nSPS) is 11.1. The first-order valence-corrected chi connectivity index (χ1v) is 14.5. The van der Waals surface area contributed by atoms with Crippen LogP contribution in [0.2, 0.25) is 0 Å². The van der Waals surface area contributed by atoms with Gasteiger partial charge in [-0.15, -0.1) is 0 Å². The average Bonchev–Trinajstić information content (AvgIpc) is 3.07. The Balaban J connectivity index is 1.35. The molecular weight excluding hydrogens is 520 g/mol. The van der Waals surface area contributed by atoms with E-state index >= 15 is 0 Å². The van der Waals surface area contributed by atoms with Crippen LogP contribution in [0.3, 0.4) is 0 Å². The fourth-order valence-electron chi connectivity index (χ4n) is 6.11. The lowest BCUT2D eigenvalue weighted by molar-refractivity contribution is 1.25. The largest absolute Gasteiger partial charge is 0.255 e. The molecule has 0 aliphatic heterocycles. The summed E-state index contributed by atoms with van der Waals surface area (Å²) >= 11 is 0. The third-order valence-corrected chi connectivity index (χ3v) is 8.18. The molecule has 0 N–H and O–H groups in total. The number of aromatic nitrogens is 2. The molecule has 0 saturated heterocycles. The van der Waals surface area contributed by atoms with E-state index in [1.165, 1.54) is 38.2 Å². The molecule has 0 radical (unpaired) electrons. The molecule has 0 unspecified atom stereocenters. The molecule has 2 heterocycles. The summed E-state index contributed by atoms with van der Waals surface area (Å²) in [5, 5.41) is 4.86. The average molecular weight is 551 g/mol. The van der Waals surface area contributed by atoms with Crippen molar-refractivity contribution in [3.05, 3.63) is 158 Å². The minimum Gasteiger partial charge on any atom is -0.255 e. The minimum atomic E-state index is 0.863.